The van der Waals surface area contributed by atoms with Crippen LogP contribution in [0.15, 0.2) is 48.5 Å². The van der Waals surface area contributed by atoms with Gasteiger partial charge in [0.25, 0.3) is 5.91 Å². The molecule has 27 heavy (non-hydrogen) atoms. The number of para-hydroxylation sites is 1. The molecule has 0 bridgehead atoms. The summed E-state index contributed by atoms with van der Waals surface area (Å²) in [5.74, 6) is 0.915. The van der Waals surface area contributed by atoms with Gasteiger partial charge in [0.2, 0.25) is 5.91 Å². The maximum Gasteiger partial charge on any atom is 0.251 e. The highest BCUT2D eigenvalue weighted by Gasteiger charge is 2.20. The highest BCUT2D eigenvalue weighted by molar-refractivity contribution is 5.94. The molecular formula is C22H26N2O3. The molecule has 1 saturated heterocycles. The van der Waals surface area contributed by atoms with E-state index < -0.39 is 0 Å². The van der Waals surface area contributed by atoms with Gasteiger partial charge in [0.1, 0.15) is 12.4 Å². The number of rotatable bonds is 7. The summed E-state index contributed by atoms with van der Waals surface area (Å²) in [5.41, 5.74) is 2.72. The van der Waals surface area contributed by atoms with Crippen LogP contribution < -0.4 is 10.1 Å². The zero-order chi connectivity index (χ0) is 19.2. The van der Waals surface area contributed by atoms with Gasteiger partial charge in [-0.1, -0.05) is 30.3 Å². The molecule has 1 heterocycles. The molecule has 0 radical (unpaired) electrons. The van der Waals surface area contributed by atoms with Crippen LogP contribution in [0.3, 0.4) is 0 Å². The summed E-state index contributed by atoms with van der Waals surface area (Å²) in [4.78, 5) is 26.0. The average molecular weight is 366 g/mol. The molecule has 0 unspecified atom stereocenters. The molecule has 2 amide bonds. The van der Waals surface area contributed by atoms with Crippen molar-refractivity contribution in [3.05, 3.63) is 65.2 Å². The summed E-state index contributed by atoms with van der Waals surface area (Å²) in [6.45, 7) is 5.76. The predicted molar refractivity (Wildman–Crippen MR) is 105 cm³/mol. The lowest BCUT2D eigenvalue weighted by Crippen LogP contribution is -2.36. The predicted octanol–water partition coefficient (Wildman–Crippen LogP) is 3.31. The number of hydrogen-bond acceptors (Lipinski definition) is 3. The second-order valence-corrected chi connectivity index (χ2v) is 7.07. The van der Waals surface area contributed by atoms with Crippen LogP contribution >= 0.6 is 0 Å². The van der Waals surface area contributed by atoms with E-state index in [1.807, 2.05) is 55.1 Å². The Hall–Kier alpha value is -2.82. The third-order valence-corrected chi connectivity index (χ3v) is 4.72. The number of hydrogen-bond donors (Lipinski definition) is 1. The summed E-state index contributed by atoms with van der Waals surface area (Å²) in [5, 5.41) is 2.96. The van der Waals surface area contributed by atoms with Crippen LogP contribution in [0.5, 0.6) is 5.75 Å². The fourth-order valence-corrected chi connectivity index (χ4v) is 3.14. The molecule has 1 aliphatic rings. The van der Waals surface area contributed by atoms with Crippen LogP contribution in [-0.2, 0) is 11.3 Å². The Kier molecular flexibility index (Phi) is 6.12. The van der Waals surface area contributed by atoms with E-state index in [4.69, 9.17) is 4.74 Å². The van der Waals surface area contributed by atoms with Gasteiger partial charge in [0.15, 0.2) is 0 Å². The minimum atomic E-state index is -0.125. The highest BCUT2D eigenvalue weighted by atomic mass is 16.5. The van der Waals surface area contributed by atoms with E-state index in [0.717, 1.165) is 29.8 Å². The first kappa shape index (κ1) is 19.0. The molecule has 0 saturated carbocycles. The van der Waals surface area contributed by atoms with Gasteiger partial charge in [-0.25, -0.2) is 0 Å². The van der Waals surface area contributed by atoms with Gasteiger partial charge in [-0.3, -0.25) is 9.59 Å². The number of carbonyl (C=O) groups is 2. The number of ether oxygens (including phenoxy) is 1. The highest BCUT2D eigenvalue weighted by Crippen LogP contribution is 2.17. The first-order valence-electron chi connectivity index (χ1n) is 9.39. The summed E-state index contributed by atoms with van der Waals surface area (Å²) in [6.07, 6.45) is 1.57. The number of nitrogens with one attached hydrogen (secondary N) is 1. The first-order valence-corrected chi connectivity index (χ1v) is 9.39. The standard InChI is InChI=1S/C22H26N2O3/c1-16-6-3-4-7-20(16)27-15-17(2)23-22(26)19-11-9-18(10-12-19)14-24-13-5-8-21(24)25/h3-4,6-7,9-12,17H,5,8,13-15H2,1-2H3,(H,23,26)/t17-/m1/s1. The largest absolute Gasteiger partial charge is 0.491 e. The molecule has 2 aromatic carbocycles. The molecule has 5 nitrogen and oxygen atoms in total. The van der Waals surface area contributed by atoms with Crippen molar-refractivity contribution >= 4 is 11.8 Å². The Balaban J connectivity index is 1.50. The molecule has 0 aliphatic carbocycles. The van der Waals surface area contributed by atoms with Crippen molar-refractivity contribution in [1.29, 1.82) is 0 Å². The van der Waals surface area contributed by atoms with Crippen LogP contribution in [0.25, 0.3) is 0 Å². The van der Waals surface area contributed by atoms with Crippen molar-refractivity contribution in [2.45, 2.75) is 39.3 Å². The fourth-order valence-electron chi connectivity index (χ4n) is 3.14. The van der Waals surface area contributed by atoms with Gasteiger partial charge in [-0.15, -0.1) is 0 Å². The van der Waals surface area contributed by atoms with E-state index in [1.165, 1.54) is 0 Å². The number of likely N-dealkylation sites (tertiary alicyclic amines) is 1. The Labute approximate surface area is 160 Å². The summed E-state index contributed by atoms with van der Waals surface area (Å²) in [7, 11) is 0. The van der Waals surface area contributed by atoms with Crippen LogP contribution in [0.4, 0.5) is 0 Å². The lowest BCUT2D eigenvalue weighted by molar-refractivity contribution is -0.128. The molecule has 5 heteroatoms. The Morgan fingerprint density at radius 2 is 1.93 bits per heavy atom. The van der Waals surface area contributed by atoms with Gasteiger partial charge < -0.3 is 15.0 Å². The molecule has 1 N–H and O–H groups in total. The van der Waals surface area contributed by atoms with Gasteiger partial charge >= 0.3 is 0 Å². The third kappa shape index (κ3) is 5.09. The maximum atomic E-state index is 12.4. The average Bonchev–Trinajstić information content (AvgIpc) is 3.06. The van der Waals surface area contributed by atoms with E-state index in [0.29, 0.717) is 25.1 Å². The topological polar surface area (TPSA) is 58.6 Å². The molecule has 0 spiro atoms. The lowest BCUT2D eigenvalue weighted by Gasteiger charge is -2.17. The van der Waals surface area contributed by atoms with Gasteiger partial charge in [0, 0.05) is 25.1 Å². The quantitative estimate of drug-likeness (QED) is 0.818. The van der Waals surface area contributed by atoms with Gasteiger partial charge in [-0.05, 0) is 49.6 Å². The Morgan fingerprint density at radius 1 is 1.19 bits per heavy atom. The zero-order valence-electron chi connectivity index (χ0n) is 15.9. The Bertz CT molecular complexity index is 801. The number of amides is 2. The SMILES string of the molecule is Cc1ccccc1OC[C@@H](C)NC(=O)c1ccc(CN2CCCC2=O)cc1. The minimum absolute atomic E-state index is 0.112. The molecule has 2 aromatic rings. The number of carbonyl (C=O) groups excluding carboxylic acids is 2. The third-order valence-electron chi connectivity index (χ3n) is 4.72. The molecule has 3 rings (SSSR count). The van der Waals surface area contributed by atoms with Crippen LogP contribution in [0.2, 0.25) is 0 Å². The summed E-state index contributed by atoms with van der Waals surface area (Å²) in [6, 6.07) is 15.1. The zero-order valence-corrected chi connectivity index (χ0v) is 15.9. The lowest BCUT2D eigenvalue weighted by atomic mass is 10.1. The van der Waals surface area contributed by atoms with E-state index in [-0.39, 0.29) is 17.9 Å². The van der Waals surface area contributed by atoms with E-state index in [2.05, 4.69) is 5.32 Å². The van der Waals surface area contributed by atoms with Crippen LogP contribution in [0, 0.1) is 6.92 Å². The molecule has 142 valence electrons. The monoisotopic (exact) mass is 366 g/mol. The van der Waals surface area contributed by atoms with E-state index in [1.54, 1.807) is 12.1 Å². The first-order chi connectivity index (χ1) is 13.0. The molecule has 1 aliphatic heterocycles. The van der Waals surface area contributed by atoms with Crippen molar-refractivity contribution in [2.75, 3.05) is 13.2 Å². The molecule has 1 atom stereocenters. The number of benzene rings is 2. The van der Waals surface area contributed by atoms with Crippen molar-refractivity contribution < 1.29 is 14.3 Å². The second-order valence-electron chi connectivity index (χ2n) is 7.07. The van der Waals surface area contributed by atoms with E-state index >= 15 is 0 Å². The molecular weight excluding hydrogens is 340 g/mol. The number of nitrogens with zero attached hydrogens (tertiary/aromatic N) is 1. The van der Waals surface area contributed by atoms with Crippen molar-refractivity contribution in [1.82, 2.24) is 10.2 Å². The fraction of sp³-hybridized carbons (Fsp3) is 0.364. The summed E-state index contributed by atoms with van der Waals surface area (Å²) < 4.78 is 5.79. The minimum Gasteiger partial charge on any atom is -0.491 e. The summed E-state index contributed by atoms with van der Waals surface area (Å²) >= 11 is 0. The van der Waals surface area contributed by atoms with Crippen molar-refractivity contribution in [2.24, 2.45) is 0 Å². The van der Waals surface area contributed by atoms with E-state index in [9.17, 15) is 9.59 Å². The van der Waals surface area contributed by atoms with Gasteiger partial charge in [-0.2, -0.15) is 0 Å². The van der Waals surface area contributed by atoms with Gasteiger partial charge in [0.05, 0.1) is 6.04 Å². The molecule has 1 fully saturated rings. The number of aryl methyl sites for hydroxylation is 1. The van der Waals surface area contributed by atoms with Crippen LogP contribution in [-0.4, -0.2) is 35.9 Å². The molecule has 0 aromatic heterocycles. The Morgan fingerprint density at radius 3 is 2.59 bits per heavy atom. The van der Waals surface area contributed by atoms with Crippen LogP contribution in [0.1, 0.15) is 41.3 Å². The second kappa shape index (κ2) is 8.71. The maximum absolute atomic E-state index is 12.4. The normalized spacial score (nSPS) is 14.9. The van der Waals surface area contributed by atoms with Crippen molar-refractivity contribution in [3.8, 4) is 5.75 Å². The smallest absolute Gasteiger partial charge is 0.251 e. The van der Waals surface area contributed by atoms with Crippen molar-refractivity contribution in [3.63, 3.8) is 0 Å².